The summed E-state index contributed by atoms with van der Waals surface area (Å²) in [6, 6.07) is 8.18. The van der Waals surface area contributed by atoms with E-state index in [1.165, 1.54) is 6.33 Å². The molecule has 0 saturated carbocycles. The van der Waals surface area contributed by atoms with E-state index in [0.29, 0.717) is 17.0 Å². The predicted octanol–water partition coefficient (Wildman–Crippen LogP) is 3.31. The van der Waals surface area contributed by atoms with Gasteiger partial charge in [0.05, 0.1) is 41.4 Å². The minimum absolute atomic E-state index is 0.212. The van der Waals surface area contributed by atoms with E-state index in [0.717, 1.165) is 60.7 Å². The number of pyridine rings is 1. The summed E-state index contributed by atoms with van der Waals surface area (Å²) >= 11 is 0. The standard InChI is InChI=1S/C22H24N8O.C2H6/c1-14-19-21(24)25-13-26-22(19)30(27-14)15(2)20-16(11-23)17-5-3-4-6-29(17)18(20)12-28-7-9-31-10-8-28;1-2/h3-6,13,15H,7-10,12H2,1-2H3,(H2,24,25,26);1-2H3. The van der Waals surface area contributed by atoms with Crippen LogP contribution < -0.4 is 5.73 Å². The summed E-state index contributed by atoms with van der Waals surface area (Å²) in [4.78, 5) is 10.9. The Labute approximate surface area is 193 Å². The number of nitriles is 1. The molecule has 0 radical (unpaired) electrons. The van der Waals surface area contributed by atoms with Crippen molar-refractivity contribution in [3.63, 3.8) is 0 Å². The van der Waals surface area contributed by atoms with Gasteiger partial charge in [-0.3, -0.25) is 4.90 Å². The van der Waals surface area contributed by atoms with Crippen molar-refractivity contribution in [2.45, 2.75) is 40.3 Å². The molecule has 4 aromatic rings. The highest BCUT2D eigenvalue weighted by atomic mass is 16.5. The maximum absolute atomic E-state index is 10.1. The van der Waals surface area contributed by atoms with Gasteiger partial charge in [0.25, 0.3) is 0 Å². The van der Waals surface area contributed by atoms with Gasteiger partial charge in [-0.1, -0.05) is 19.9 Å². The Hall–Kier alpha value is -3.48. The SMILES string of the molecule is CC.Cc1nn(C(C)c2c(C#N)c3ccccn3c2CN2CCOCC2)c2ncnc(N)c12. The topological polar surface area (TPSA) is 110 Å². The zero-order valence-electron chi connectivity index (χ0n) is 19.6. The average Bonchev–Trinajstić information content (AvgIpc) is 3.36. The first-order chi connectivity index (χ1) is 16.1. The molecule has 5 rings (SSSR count). The number of nitrogens with zero attached hydrogens (tertiary/aromatic N) is 7. The van der Waals surface area contributed by atoms with Crippen molar-refractivity contribution < 1.29 is 4.74 Å². The molecule has 0 aliphatic carbocycles. The number of fused-ring (bicyclic) bond motifs is 2. The van der Waals surface area contributed by atoms with E-state index in [1.807, 2.05) is 49.8 Å². The van der Waals surface area contributed by atoms with Gasteiger partial charge in [0.2, 0.25) is 0 Å². The van der Waals surface area contributed by atoms with Crippen LogP contribution in [0.5, 0.6) is 0 Å². The lowest BCUT2D eigenvalue weighted by molar-refractivity contribution is 0.0334. The summed E-state index contributed by atoms with van der Waals surface area (Å²) in [5.41, 5.74) is 11.2. The highest BCUT2D eigenvalue weighted by molar-refractivity contribution is 5.88. The maximum Gasteiger partial charge on any atom is 0.164 e. The molecule has 0 aromatic carbocycles. The fourth-order valence-electron chi connectivity index (χ4n) is 4.56. The van der Waals surface area contributed by atoms with Crippen molar-refractivity contribution in [1.29, 1.82) is 5.26 Å². The number of rotatable bonds is 4. The minimum Gasteiger partial charge on any atom is -0.383 e. The van der Waals surface area contributed by atoms with Gasteiger partial charge in [0.1, 0.15) is 18.2 Å². The second-order valence-corrected chi connectivity index (χ2v) is 7.86. The zero-order chi connectivity index (χ0) is 23.5. The highest BCUT2D eigenvalue weighted by Gasteiger charge is 2.28. The second kappa shape index (κ2) is 9.57. The molecule has 0 amide bonds. The van der Waals surface area contributed by atoms with E-state index in [4.69, 9.17) is 15.6 Å². The number of morpholine rings is 1. The highest BCUT2D eigenvalue weighted by Crippen LogP contribution is 2.34. The monoisotopic (exact) mass is 446 g/mol. The smallest absolute Gasteiger partial charge is 0.164 e. The van der Waals surface area contributed by atoms with Gasteiger partial charge in [-0.15, -0.1) is 0 Å². The van der Waals surface area contributed by atoms with Crippen LogP contribution in [0, 0.1) is 18.3 Å². The molecule has 1 aliphatic rings. The van der Waals surface area contributed by atoms with Crippen molar-refractivity contribution >= 4 is 22.4 Å². The third-order valence-corrected chi connectivity index (χ3v) is 6.05. The van der Waals surface area contributed by atoms with Gasteiger partial charge in [0, 0.05) is 37.1 Å². The van der Waals surface area contributed by atoms with E-state index in [1.54, 1.807) is 0 Å². The van der Waals surface area contributed by atoms with Gasteiger partial charge >= 0.3 is 0 Å². The Bertz CT molecular complexity index is 1310. The molecular formula is C24H30N8O. The molecule has 9 heteroatoms. The maximum atomic E-state index is 10.1. The first-order valence-electron chi connectivity index (χ1n) is 11.4. The molecule has 4 aromatic heterocycles. The first-order valence-corrected chi connectivity index (χ1v) is 11.4. The van der Waals surface area contributed by atoms with Crippen LogP contribution in [0.25, 0.3) is 16.6 Å². The first kappa shape index (κ1) is 22.7. The van der Waals surface area contributed by atoms with Crippen LogP contribution >= 0.6 is 0 Å². The van der Waals surface area contributed by atoms with Gasteiger partial charge in [0.15, 0.2) is 5.65 Å². The Balaban J connectivity index is 0.00000126. The summed E-state index contributed by atoms with van der Waals surface area (Å²) in [6.07, 6.45) is 3.48. The molecule has 172 valence electrons. The number of aromatic nitrogens is 5. The minimum atomic E-state index is -0.212. The molecule has 1 unspecified atom stereocenters. The molecule has 0 bridgehead atoms. The fourth-order valence-corrected chi connectivity index (χ4v) is 4.56. The van der Waals surface area contributed by atoms with Crippen LogP contribution in [-0.2, 0) is 11.3 Å². The van der Waals surface area contributed by atoms with Crippen molar-refractivity contribution in [1.82, 2.24) is 29.0 Å². The summed E-state index contributed by atoms with van der Waals surface area (Å²) in [5.74, 6) is 0.414. The lowest BCUT2D eigenvalue weighted by atomic mass is 10.0. The zero-order valence-corrected chi connectivity index (χ0v) is 19.6. The van der Waals surface area contributed by atoms with Crippen molar-refractivity contribution in [3.8, 4) is 6.07 Å². The van der Waals surface area contributed by atoms with Gasteiger partial charge in [-0.25, -0.2) is 14.6 Å². The van der Waals surface area contributed by atoms with E-state index >= 15 is 0 Å². The predicted molar refractivity (Wildman–Crippen MR) is 128 cm³/mol. The normalized spacial score (nSPS) is 15.2. The second-order valence-electron chi connectivity index (χ2n) is 7.86. The van der Waals surface area contributed by atoms with Gasteiger partial charge in [-0.2, -0.15) is 10.4 Å². The molecule has 5 heterocycles. The van der Waals surface area contributed by atoms with Gasteiger partial charge < -0.3 is 14.9 Å². The Morgan fingerprint density at radius 3 is 2.70 bits per heavy atom. The summed E-state index contributed by atoms with van der Waals surface area (Å²) in [6.45, 7) is 11.9. The van der Waals surface area contributed by atoms with E-state index in [-0.39, 0.29) is 6.04 Å². The lowest BCUT2D eigenvalue weighted by Gasteiger charge is -2.27. The third-order valence-electron chi connectivity index (χ3n) is 6.05. The largest absolute Gasteiger partial charge is 0.383 e. The quantitative estimate of drug-likeness (QED) is 0.512. The van der Waals surface area contributed by atoms with Gasteiger partial charge in [-0.05, 0) is 26.0 Å². The summed E-state index contributed by atoms with van der Waals surface area (Å²) in [7, 11) is 0. The van der Waals surface area contributed by atoms with Crippen molar-refractivity contribution in [3.05, 3.63) is 53.2 Å². The molecule has 33 heavy (non-hydrogen) atoms. The lowest BCUT2D eigenvalue weighted by Crippen LogP contribution is -2.36. The number of nitrogens with two attached hydrogens (primary N) is 1. The number of hydrogen-bond acceptors (Lipinski definition) is 7. The van der Waals surface area contributed by atoms with Crippen molar-refractivity contribution in [2.24, 2.45) is 0 Å². The number of aryl methyl sites for hydroxylation is 1. The fraction of sp³-hybridized carbons (Fsp3) is 0.417. The molecule has 1 atom stereocenters. The van der Waals surface area contributed by atoms with Crippen LogP contribution in [0.1, 0.15) is 49.3 Å². The Morgan fingerprint density at radius 1 is 1.21 bits per heavy atom. The molecule has 9 nitrogen and oxygen atoms in total. The van der Waals surface area contributed by atoms with E-state index in [2.05, 4.69) is 32.3 Å². The number of ether oxygens (including phenoxy) is 1. The Morgan fingerprint density at radius 2 is 1.97 bits per heavy atom. The van der Waals surface area contributed by atoms with Crippen LogP contribution in [0.4, 0.5) is 5.82 Å². The average molecular weight is 447 g/mol. The molecule has 1 saturated heterocycles. The molecular weight excluding hydrogens is 416 g/mol. The molecule has 0 spiro atoms. The van der Waals surface area contributed by atoms with Crippen LogP contribution in [0.15, 0.2) is 30.7 Å². The number of hydrogen-bond donors (Lipinski definition) is 1. The van der Waals surface area contributed by atoms with Crippen LogP contribution in [-0.4, -0.2) is 55.4 Å². The third kappa shape index (κ3) is 3.92. The number of anilines is 1. The van der Waals surface area contributed by atoms with Crippen LogP contribution in [0.3, 0.4) is 0 Å². The van der Waals surface area contributed by atoms with Crippen LogP contribution in [0.2, 0.25) is 0 Å². The number of nitrogen functional groups attached to an aromatic ring is 1. The summed E-state index contributed by atoms with van der Waals surface area (Å²) < 4.78 is 9.51. The molecule has 1 fully saturated rings. The summed E-state index contributed by atoms with van der Waals surface area (Å²) in [5, 5.41) is 15.6. The van der Waals surface area contributed by atoms with E-state index in [9.17, 15) is 5.26 Å². The van der Waals surface area contributed by atoms with Crippen molar-refractivity contribution in [2.75, 3.05) is 32.0 Å². The Kier molecular flexibility index (Phi) is 6.58. The van der Waals surface area contributed by atoms with E-state index < -0.39 is 0 Å². The molecule has 1 aliphatic heterocycles. The molecule has 2 N–H and O–H groups in total.